The van der Waals surface area contributed by atoms with Crippen molar-refractivity contribution in [2.75, 3.05) is 16.8 Å². The number of nitrogen functional groups attached to an aromatic ring is 1. The molecule has 0 spiro atoms. The summed E-state index contributed by atoms with van der Waals surface area (Å²) in [6.07, 6.45) is -4.66. The third-order valence-electron chi connectivity index (χ3n) is 3.54. The van der Waals surface area contributed by atoms with Gasteiger partial charge in [-0.1, -0.05) is 6.92 Å². The standard InChI is InChI=1S/C18H16F3N3OS/c1-11(10-26-15-6-3-13(23)4-7-15)17(25)24-14-5-2-12(9-22)16(8-14)18(19,20)21/h2-8,11H,10,23H2,1H3,(H,24,25)/t11-/m0/s1. The number of nitrogens with two attached hydrogens (primary N) is 1. The molecule has 0 bridgehead atoms. The number of alkyl halides is 3. The number of hydrogen-bond acceptors (Lipinski definition) is 4. The normalized spacial score (nSPS) is 12.3. The average Bonchev–Trinajstić information content (AvgIpc) is 2.60. The summed E-state index contributed by atoms with van der Waals surface area (Å²) in [6, 6.07) is 11.8. The van der Waals surface area contributed by atoms with Crippen molar-refractivity contribution in [1.82, 2.24) is 0 Å². The zero-order valence-corrected chi connectivity index (χ0v) is 14.6. The Morgan fingerprint density at radius 1 is 1.27 bits per heavy atom. The van der Waals surface area contributed by atoms with E-state index >= 15 is 0 Å². The van der Waals surface area contributed by atoms with Crippen molar-refractivity contribution < 1.29 is 18.0 Å². The molecule has 1 amide bonds. The minimum absolute atomic E-state index is 0.00524. The van der Waals surface area contributed by atoms with Gasteiger partial charge in [-0.25, -0.2) is 0 Å². The molecular formula is C18H16F3N3OS. The van der Waals surface area contributed by atoms with Crippen molar-refractivity contribution in [1.29, 1.82) is 5.26 Å². The monoisotopic (exact) mass is 379 g/mol. The molecule has 0 saturated heterocycles. The molecule has 0 aliphatic heterocycles. The highest BCUT2D eigenvalue weighted by Crippen LogP contribution is 2.33. The van der Waals surface area contributed by atoms with Gasteiger partial charge in [0.2, 0.25) is 5.91 Å². The fourth-order valence-electron chi connectivity index (χ4n) is 2.08. The van der Waals surface area contributed by atoms with E-state index in [1.807, 2.05) is 12.1 Å². The first-order chi connectivity index (χ1) is 12.2. The summed E-state index contributed by atoms with van der Waals surface area (Å²) in [5.74, 6) is -0.369. The molecule has 0 fully saturated rings. The molecule has 8 heteroatoms. The first kappa shape index (κ1) is 19.7. The molecule has 2 aromatic rings. The summed E-state index contributed by atoms with van der Waals surface area (Å²) in [5, 5.41) is 11.3. The molecule has 0 saturated carbocycles. The number of nitrogens with zero attached hydrogens (tertiary/aromatic N) is 1. The van der Waals surface area contributed by atoms with Crippen molar-refractivity contribution >= 4 is 29.0 Å². The van der Waals surface area contributed by atoms with E-state index in [9.17, 15) is 18.0 Å². The Morgan fingerprint density at radius 3 is 2.50 bits per heavy atom. The number of nitriles is 1. The second-order valence-electron chi connectivity index (χ2n) is 5.64. The van der Waals surface area contributed by atoms with E-state index in [2.05, 4.69) is 5.32 Å². The van der Waals surface area contributed by atoms with Gasteiger partial charge in [0.1, 0.15) is 0 Å². The fraction of sp³-hybridized carbons (Fsp3) is 0.222. The maximum absolute atomic E-state index is 13.0. The zero-order valence-electron chi connectivity index (χ0n) is 13.8. The number of hydrogen-bond donors (Lipinski definition) is 2. The van der Waals surface area contributed by atoms with Crippen molar-refractivity contribution in [2.45, 2.75) is 18.0 Å². The van der Waals surface area contributed by atoms with Crippen LogP contribution in [0.15, 0.2) is 47.4 Å². The minimum Gasteiger partial charge on any atom is -0.399 e. The smallest absolute Gasteiger partial charge is 0.399 e. The first-order valence-corrected chi connectivity index (χ1v) is 8.60. The summed E-state index contributed by atoms with van der Waals surface area (Å²) in [4.78, 5) is 13.2. The molecule has 0 aliphatic carbocycles. The third kappa shape index (κ3) is 5.17. The number of benzene rings is 2. The van der Waals surface area contributed by atoms with Crippen LogP contribution in [0.5, 0.6) is 0 Å². The maximum Gasteiger partial charge on any atom is 0.417 e. The van der Waals surface area contributed by atoms with E-state index in [0.717, 1.165) is 17.0 Å². The minimum atomic E-state index is -4.66. The Morgan fingerprint density at radius 2 is 1.92 bits per heavy atom. The lowest BCUT2D eigenvalue weighted by Crippen LogP contribution is -2.22. The molecule has 0 aliphatic rings. The van der Waals surface area contributed by atoms with Gasteiger partial charge in [0.25, 0.3) is 0 Å². The summed E-state index contributed by atoms with van der Waals surface area (Å²) in [7, 11) is 0. The van der Waals surface area contributed by atoms with Crippen molar-refractivity contribution in [2.24, 2.45) is 5.92 Å². The highest BCUT2D eigenvalue weighted by molar-refractivity contribution is 7.99. The number of thioether (sulfide) groups is 1. The number of anilines is 2. The van der Waals surface area contributed by atoms with E-state index in [0.29, 0.717) is 11.4 Å². The molecule has 0 heterocycles. The van der Waals surface area contributed by atoms with Crippen LogP contribution in [-0.2, 0) is 11.0 Å². The molecule has 3 N–H and O–H groups in total. The Labute approximate surface area is 153 Å². The molecule has 2 rings (SSSR count). The van der Waals surface area contributed by atoms with Crippen molar-refractivity contribution in [3.63, 3.8) is 0 Å². The summed E-state index contributed by atoms with van der Waals surface area (Å²) >= 11 is 1.45. The Kier molecular flexibility index (Phi) is 6.16. The van der Waals surface area contributed by atoms with Crippen molar-refractivity contribution in [3.05, 3.63) is 53.6 Å². The van der Waals surface area contributed by atoms with E-state index in [4.69, 9.17) is 11.0 Å². The molecule has 4 nitrogen and oxygen atoms in total. The molecule has 0 radical (unpaired) electrons. The highest BCUT2D eigenvalue weighted by Gasteiger charge is 2.34. The topological polar surface area (TPSA) is 78.9 Å². The first-order valence-electron chi connectivity index (χ1n) is 7.61. The molecule has 0 aromatic heterocycles. The van der Waals surface area contributed by atoms with Gasteiger partial charge < -0.3 is 11.1 Å². The van der Waals surface area contributed by atoms with Gasteiger partial charge in [0.05, 0.1) is 17.2 Å². The largest absolute Gasteiger partial charge is 0.417 e. The Bertz CT molecular complexity index is 829. The van der Waals surface area contributed by atoms with Crippen LogP contribution in [0.2, 0.25) is 0 Å². The van der Waals surface area contributed by atoms with Crippen LogP contribution >= 0.6 is 11.8 Å². The number of rotatable bonds is 5. The predicted molar refractivity (Wildman–Crippen MR) is 95.5 cm³/mol. The van der Waals surface area contributed by atoms with Crippen LogP contribution in [-0.4, -0.2) is 11.7 Å². The van der Waals surface area contributed by atoms with Crippen LogP contribution < -0.4 is 11.1 Å². The van der Waals surface area contributed by atoms with Crippen LogP contribution in [0, 0.1) is 17.2 Å². The van der Waals surface area contributed by atoms with Crippen molar-refractivity contribution in [3.8, 4) is 6.07 Å². The third-order valence-corrected chi connectivity index (χ3v) is 4.81. The molecule has 0 unspecified atom stereocenters. The second-order valence-corrected chi connectivity index (χ2v) is 6.73. The average molecular weight is 379 g/mol. The van der Waals surface area contributed by atoms with Crippen LogP contribution in [0.3, 0.4) is 0 Å². The zero-order chi connectivity index (χ0) is 19.3. The lowest BCUT2D eigenvalue weighted by Gasteiger charge is -2.14. The van der Waals surface area contributed by atoms with Crippen LogP contribution in [0.4, 0.5) is 24.5 Å². The maximum atomic E-state index is 13.0. The second kappa shape index (κ2) is 8.15. The highest BCUT2D eigenvalue weighted by atomic mass is 32.2. The van der Waals surface area contributed by atoms with E-state index in [-0.39, 0.29) is 5.69 Å². The number of carbonyl (C=O) groups is 1. The number of halogens is 3. The molecule has 26 heavy (non-hydrogen) atoms. The van der Waals surface area contributed by atoms with E-state index < -0.39 is 29.1 Å². The van der Waals surface area contributed by atoms with Gasteiger partial charge in [-0.15, -0.1) is 11.8 Å². The van der Waals surface area contributed by atoms with Gasteiger partial charge in [-0.05, 0) is 42.5 Å². The van der Waals surface area contributed by atoms with Crippen LogP contribution in [0.25, 0.3) is 0 Å². The lowest BCUT2D eigenvalue weighted by atomic mass is 10.1. The molecule has 1 atom stereocenters. The summed E-state index contributed by atoms with van der Waals surface area (Å²) in [5.41, 5.74) is 4.70. The van der Waals surface area contributed by atoms with Gasteiger partial charge in [0, 0.05) is 27.9 Å². The lowest BCUT2D eigenvalue weighted by molar-refractivity contribution is -0.137. The summed E-state index contributed by atoms with van der Waals surface area (Å²) in [6.45, 7) is 1.69. The number of amides is 1. The molecule has 2 aromatic carbocycles. The number of carbonyl (C=O) groups excluding carboxylic acids is 1. The number of nitrogens with one attached hydrogen (secondary N) is 1. The van der Waals surface area contributed by atoms with E-state index in [1.54, 1.807) is 19.1 Å². The fourth-order valence-corrected chi connectivity index (χ4v) is 3.00. The quantitative estimate of drug-likeness (QED) is 0.591. The summed E-state index contributed by atoms with van der Waals surface area (Å²) < 4.78 is 38.9. The van der Waals surface area contributed by atoms with Gasteiger partial charge in [-0.3, -0.25) is 4.79 Å². The van der Waals surface area contributed by atoms with Crippen LogP contribution in [0.1, 0.15) is 18.1 Å². The molecular weight excluding hydrogens is 363 g/mol. The Hall–Kier alpha value is -2.66. The van der Waals surface area contributed by atoms with E-state index in [1.165, 1.54) is 23.9 Å². The molecule has 136 valence electrons. The Balaban J connectivity index is 2.02. The SMILES string of the molecule is C[C@@H](CSc1ccc(N)cc1)C(=O)Nc1ccc(C#N)c(C(F)(F)F)c1. The van der Waals surface area contributed by atoms with Gasteiger partial charge >= 0.3 is 6.18 Å². The van der Waals surface area contributed by atoms with Gasteiger partial charge in [-0.2, -0.15) is 18.4 Å². The predicted octanol–water partition coefficient (Wildman–Crippen LogP) is 4.53. The van der Waals surface area contributed by atoms with Gasteiger partial charge in [0.15, 0.2) is 0 Å².